The van der Waals surface area contributed by atoms with Crippen LogP contribution in [0, 0.1) is 4.91 Å². The zero-order valence-corrected chi connectivity index (χ0v) is 8.97. The zero-order chi connectivity index (χ0) is 11.0. The number of piperazine rings is 1. The third-order valence-corrected chi connectivity index (χ3v) is 3.42. The summed E-state index contributed by atoms with van der Waals surface area (Å²) in [6.07, 6.45) is 4.79. The molecular weight excluding hydrogens is 204 g/mol. The monoisotopic (exact) mass is 218 g/mol. The maximum absolute atomic E-state index is 10.2. The highest BCUT2D eigenvalue weighted by atomic mass is 16.3. The fourth-order valence-electron chi connectivity index (χ4n) is 2.67. The highest BCUT2D eigenvalue weighted by Crippen LogP contribution is 2.29. The summed E-state index contributed by atoms with van der Waals surface area (Å²) in [7, 11) is 0. The highest BCUT2D eigenvalue weighted by molar-refractivity contribution is 5.49. The molecule has 2 aliphatic heterocycles. The first-order valence-electron chi connectivity index (χ1n) is 5.60. The van der Waals surface area contributed by atoms with Crippen LogP contribution >= 0.6 is 0 Å². The van der Waals surface area contributed by atoms with Crippen LogP contribution < -0.4 is 10.2 Å². The van der Waals surface area contributed by atoms with Crippen LogP contribution in [0.25, 0.3) is 0 Å². The molecule has 3 rings (SSSR count). The van der Waals surface area contributed by atoms with Crippen LogP contribution in [-0.4, -0.2) is 30.2 Å². The van der Waals surface area contributed by atoms with Gasteiger partial charge in [0, 0.05) is 31.4 Å². The summed E-state index contributed by atoms with van der Waals surface area (Å²) in [4.78, 5) is 16.8. The summed E-state index contributed by atoms with van der Waals surface area (Å²) >= 11 is 0. The number of nitroso groups, excluding NO2 is 1. The van der Waals surface area contributed by atoms with E-state index in [1.807, 2.05) is 12.3 Å². The average molecular weight is 218 g/mol. The number of fused-ring (bicyclic) bond motifs is 2. The smallest absolute Gasteiger partial charge is 0.108 e. The van der Waals surface area contributed by atoms with E-state index in [9.17, 15) is 4.91 Å². The first-order chi connectivity index (χ1) is 7.86. The van der Waals surface area contributed by atoms with E-state index in [4.69, 9.17) is 0 Å². The molecule has 0 spiro atoms. The minimum Gasteiger partial charge on any atom is -0.364 e. The first-order valence-corrected chi connectivity index (χ1v) is 5.60. The maximum atomic E-state index is 10.2. The molecule has 0 amide bonds. The standard InChI is InChI=1S/C11H14N4O/c16-14-4-8-1-10(5-12-3-8)15-7-9-2-11(15)6-13-9/h1,3,5,9,11,13H,2,4,6-7H2/t9-,11-/m0/s1. The van der Waals surface area contributed by atoms with Crippen molar-refractivity contribution in [2.24, 2.45) is 5.18 Å². The molecule has 16 heavy (non-hydrogen) atoms. The molecule has 5 heteroatoms. The Labute approximate surface area is 93.8 Å². The highest BCUT2D eigenvalue weighted by Gasteiger charge is 2.37. The number of hydrogen-bond acceptors (Lipinski definition) is 5. The summed E-state index contributed by atoms with van der Waals surface area (Å²) in [5.41, 5.74) is 2.01. The van der Waals surface area contributed by atoms with Crippen LogP contribution in [0.2, 0.25) is 0 Å². The molecule has 2 fully saturated rings. The second kappa shape index (κ2) is 3.83. The summed E-state index contributed by atoms with van der Waals surface area (Å²) < 4.78 is 0. The van der Waals surface area contributed by atoms with Crippen molar-refractivity contribution in [3.63, 3.8) is 0 Å². The molecule has 1 aromatic heterocycles. The van der Waals surface area contributed by atoms with Gasteiger partial charge in [0.25, 0.3) is 0 Å². The second-order valence-corrected chi connectivity index (χ2v) is 4.49. The van der Waals surface area contributed by atoms with Crippen molar-refractivity contribution in [2.45, 2.75) is 25.0 Å². The van der Waals surface area contributed by atoms with Crippen molar-refractivity contribution in [1.82, 2.24) is 10.3 Å². The van der Waals surface area contributed by atoms with Crippen molar-refractivity contribution in [3.05, 3.63) is 28.9 Å². The Morgan fingerprint density at radius 1 is 1.56 bits per heavy atom. The molecule has 1 N–H and O–H groups in total. The summed E-state index contributed by atoms with van der Waals surface area (Å²) in [5.74, 6) is 0. The van der Waals surface area contributed by atoms with Gasteiger partial charge in [-0.3, -0.25) is 4.98 Å². The van der Waals surface area contributed by atoms with Crippen LogP contribution in [0.15, 0.2) is 23.6 Å². The van der Waals surface area contributed by atoms with Crippen molar-refractivity contribution in [2.75, 3.05) is 18.0 Å². The molecule has 0 aromatic carbocycles. The fourth-order valence-corrected chi connectivity index (χ4v) is 2.67. The largest absolute Gasteiger partial charge is 0.364 e. The number of aromatic nitrogens is 1. The Bertz CT molecular complexity index is 409. The Morgan fingerprint density at radius 3 is 3.19 bits per heavy atom. The second-order valence-electron chi connectivity index (χ2n) is 4.49. The van der Waals surface area contributed by atoms with Gasteiger partial charge >= 0.3 is 0 Å². The molecule has 0 radical (unpaired) electrons. The van der Waals surface area contributed by atoms with E-state index < -0.39 is 0 Å². The van der Waals surface area contributed by atoms with E-state index in [0.717, 1.165) is 24.3 Å². The van der Waals surface area contributed by atoms with E-state index >= 15 is 0 Å². The molecule has 5 nitrogen and oxygen atoms in total. The molecule has 0 unspecified atom stereocenters. The van der Waals surface area contributed by atoms with Gasteiger partial charge in [0.1, 0.15) is 6.54 Å². The van der Waals surface area contributed by atoms with Gasteiger partial charge in [-0.2, -0.15) is 4.91 Å². The van der Waals surface area contributed by atoms with Crippen LogP contribution in [0.5, 0.6) is 0 Å². The van der Waals surface area contributed by atoms with Crippen molar-refractivity contribution in [1.29, 1.82) is 0 Å². The van der Waals surface area contributed by atoms with E-state index in [2.05, 4.69) is 20.4 Å². The van der Waals surface area contributed by atoms with Gasteiger partial charge in [0.2, 0.25) is 0 Å². The van der Waals surface area contributed by atoms with Crippen molar-refractivity contribution < 1.29 is 0 Å². The molecule has 0 saturated carbocycles. The molecule has 84 valence electrons. The number of anilines is 1. The van der Waals surface area contributed by atoms with Crippen LogP contribution in [0.1, 0.15) is 12.0 Å². The number of rotatable bonds is 3. The minimum atomic E-state index is 0.209. The van der Waals surface area contributed by atoms with E-state index in [-0.39, 0.29) is 6.54 Å². The number of hydrogen-bond donors (Lipinski definition) is 1. The van der Waals surface area contributed by atoms with Crippen LogP contribution in [0.4, 0.5) is 5.69 Å². The van der Waals surface area contributed by atoms with Gasteiger partial charge < -0.3 is 10.2 Å². The lowest BCUT2D eigenvalue weighted by atomic mass is 10.2. The zero-order valence-electron chi connectivity index (χ0n) is 8.97. The molecule has 2 aliphatic rings. The normalized spacial score (nSPS) is 27.4. The van der Waals surface area contributed by atoms with Gasteiger partial charge in [-0.05, 0) is 18.1 Å². The predicted octanol–water partition coefficient (Wildman–Crippen LogP) is 0.899. The van der Waals surface area contributed by atoms with Gasteiger partial charge in [-0.1, -0.05) is 5.18 Å². The number of pyridine rings is 1. The molecule has 0 aliphatic carbocycles. The van der Waals surface area contributed by atoms with E-state index in [0.29, 0.717) is 12.1 Å². The molecular formula is C11H14N4O. The Kier molecular flexibility index (Phi) is 2.32. The Hall–Kier alpha value is -1.49. The summed E-state index contributed by atoms with van der Waals surface area (Å²) in [6.45, 7) is 2.31. The van der Waals surface area contributed by atoms with E-state index in [1.165, 1.54) is 6.42 Å². The average Bonchev–Trinajstić information content (AvgIpc) is 2.91. The summed E-state index contributed by atoms with van der Waals surface area (Å²) in [5, 5.41) is 6.37. The minimum absolute atomic E-state index is 0.209. The maximum Gasteiger partial charge on any atom is 0.108 e. The SMILES string of the molecule is O=NCc1cncc(N2C[C@@H]3C[C@H]2CN3)c1. The Balaban J connectivity index is 1.83. The molecule has 1 aromatic rings. The third-order valence-electron chi connectivity index (χ3n) is 3.42. The molecule has 2 bridgehead atoms. The lowest BCUT2D eigenvalue weighted by Crippen LogP contribution is -2.43. The number of nitrogens with one attached hydrogen (secondary N) is 1. The van der Waals surface area contributed by atoms with Crippen LogP contribution in [0.3, 0.4) is 0 Å². The summed E-state index contributed by atoms with van der Waals surface area (Å²) in [6, 6.07) is 3.24. The van der Waals surface area contributed by atoms with Gasteiger partial charge in [-0.15, -0.1) is 0 Å². The first kappa shape index (κ1) is 9.72. The lowest BCUT2D eigenvalue weighted by Gasteiger charge is -2.29. The number of nitrogens with zero attached hydrogens (tertiary/aromatic N) is 3. The quantitative estimate of drug-likeness (QED) is 0.766. The molecule has 3 heterocycles. The van der Waals surface area contributed by atoms with Gasteiger partial charge in [0.15, 0.2) is 0 Å². The predicted molar refractivity (Wildman–Crippen MR) is 61.3 cm³/mol. The van der Waals surface area contributed by atoms with Crippen molar-refractivity contribution >= 4 is 5.69 Å². The third kappa shape index (κ3) is 1.57. The van der Waals surface area contributed by atoms with Crippen LogP contribution in [-0.2, 0) is 6.54 Å². The fraction of sp³-hybridized carbons (Fsp3) is 0.545. The molecule has 2 saturated heterocycles. The topological polar surface area (TPSA) is 57.6 Å². The van der Waals surface area contributed by atoms with Crippen molar-refractivity contribution in [3.8, 4) is 0 Å². The van der Waals surface area contributed by atoms with Gasteiger partial charge in [0.05, 0.1) is 11.9 Å². The van der Waals surface area contributed by atoms with E-state index in [1.54, 1.807) is 6.20 Å². The Morgan fingerprint density at radius 2 is 2.50 bits per heavy atom. The molecule has 2 atom stereocenters. The lowest BCUT2D eigenvalue weighted by molar-refractivity contribution is 0.579. The van der Waals surface area contributed by atoms with Gasteiger partial charge in [-0.25, -0.2) is 0 Å².